The van der Waals surface area contributed by atoms with E-state index in [1.165, 1.54) is 5.56 Å². The normalized spacial score (nSPS) is 11.6. The Bertz CT molecular complexity index is 359. The average molecular weight is 278 g/mol. The lowest BCUT2D eigenvalue weighted by Gasteiger charge is -2.25. The molecule has 20 heavy (non-hydrogen) atoms. The molecule has 0 aliphatic heterocycles. The van der Waals surface area contributed by atoms with Crippen LogP contribution in [0.1, 0.15) is 26.3 Å². The van der Waals surface area contributed by atoms with E-state index in [1.54, 1.807) is 0 Å². The Morgan fingerprint density at radius 2 is 1.95 bits per heavy atom. The monoisotopic (exact) mass is 278 g/mol. The molecule has 4 heteroatoms. The number of anilines is 1. The Labute approximate surface area is 124 Å². The van der Waals surface area contributed by atoms with Crippen LogP contribution in [0.2, 0.25) is 0 Å². The maximum Gasteiger partial charge on any atom is 0.125 e. The molecule has 114 valence electrons. The highest BCUT2D eigenvalue weighted by Gasteiger charge is 2.09. The van der Waals surface area contributed by atoms with Gasteiger partial charge in [0.15, 0.2) is 0 Å². The van der Waals surface area contributed by atoms with Crippen LogP contribution in [-0.4, -0.2) is 55.1 Å². The lowest BCUT2D eigenvalue weighted by molar-refractivity contribution is 0.211. The predicted octanol–water partition coefficient (Wildman–Crippen LogP) is 2.53. The topological polar surface area (TPSA) is 31.4 Å². The summed E-state index contributed by atoms with van der Waals surface area (Å²) in [5.41, 5.74) is 1.28. The van der Waals surface area contributed by atoms with Gasteiger partial charge < -0.3 is 10.2 Å². The van der Waals surface area contributed by atoms with Gasteiger partial charge in [0.25, 0.3) is 0 Å². The highest BCUT2D eigenvalue weighted by atomic mass is 15.2. The summed E-state index contributed by atoms with van der Waals surface area (Å²) in [7, 11) is 4.25. The molecule has 1 aromatic rings. The molecule has 0 aromatic carbocycles. The maximum atomic E-state index is 4.45. The first kappa shape index (κ1) is 16.9. The SMILES string of the molecule is CCNc1ccc(CN(CCN(C)C)CC(C)C)cn1. The van der Waals surface area contributed by atoms with Crippen LogP contribution in [0, 0.1) is 5.92 Å². The van der Waals surface area contributed by atoms with E-state index in [9.17, 15) is 0 Å². The van der Waals surface area contributed by atoms with Crippen molar-refractivity contribution in [1.82, 2.24) is 14.8 Å². The number of aromatic nitrogens is 1. The summed E-state index contributed by atoms with van der Waals surface area (Å²) in [6.45, 7) is 11.8. The highest BCUT2D eigenvalue weighted by molar-refractivity contribution is 5.35. The first-order chi connectivity index (χ1) is 9.51. The fourth-order valence-electron chi connectivity index (χ4n) is 2.15. The fourth-order valence-corrected chi connectivity index (χ4v) is 2.15. The lowest BCUT2D eigenvalue weighted by Crippen LogP contribution is -2.34. The summed E-state index contributed by atoms with van der Waals surface area (Å²) in [5.74, 6) is 1.64. The van der Waals surface area contributed by atoms with Crippen molar-refractivity contribution in [2.24, 2.45) is 5.92 Å². The van der Waals surface area contributed by atoms with Gasteiger partial charge in [0.1, 0.15) is 5.82 Å². The highest BCUT2D eigenvalue weighted by Crippen LogP contribution is 2.09. The van der Waals surface area contributed by atoms with Gasteiger partial charge in [-0.15, -0.1) is 0 Å². The zero-order chi connectivity index (χ0) is 15.0. The molecule has 1 rings (SSSR count). The van der Waals surface area contributed by atoms with Crippen LogP contribution in [0.25, 0.3) is 0 Å². The van der Waals surface area contributed by atoms with Crippen LogP contribution in [0.3, 0.4) is 0 Å². The van der Waals surface area contributed by atoms with Gasteiger partial charge in [0, 0.05) is 38.9 Å². The lowest BCUT2D eigenvalue weighted by atomic mass is 10.2. The molecule has 0 radical (unpaired) electrons. The minimum Gasteiger partial charge on any atom is -0.370 e. The molecule has 0 spiro atoms. The average Bonchev–Trinajstić information content (AvgIpc) is 2.38. The van der Waals surface area contributed by atoms with Crippen LogP contribution in [-0.2, 0) is 6.54 Å². The Balaban J connectivity index is 2.58. The molecular weight excluding hydrogens is 248 g/mol. The van der Waals surface area contributed by atoms with Crippen LogP contribution in [0.15, 0.2) is 18.3 Å². The van der Waals surface area contributed by atoms with Gasteiger partial charge in [0.05, 0.1) is 0 Å². The van der Waals surface area contributed by atoms with Gasteiger partial charge >= 0.3 is 0 Å². The van der Waals surface area contributed by atoms with Gasteiger partial charge in [-0.05, 0) is 38.6 Å². The van der Waals surface area contributed by atoms with Gasteiger partial charge in [0.2, 0.25) is 0 Å². The molecule has 0 saturated heterocycles. The standard InChI is InChI=1S/C16H30N4/c1-6-17-16-8-7-15(11-18-16)13-20(12-14(2)3)10-9-19(4)5/h7-8,11,14H,6,9-10,12-13H2,1-5H3,(H,17,18). The van der Waals surface area contributed by atoms with Crippen LogP contribution in [0.5, 0.6) is 0 Å². The third-order valence-electron chi connectivity index (χ3n) is 3.08. The Hall–Kier alpha value is -1.13. The van der Waals surface area contributed by atoms with Crippen LogP contribution >= 0.6 is 0 Å². The van der Waals surface area contributed by atoms with E-state index in [1.807, 2.05) is 6.20 Å². The smallest absolute Gasteiger partial charge is 0.125 e. The zero-order valence-electron chi connectivity index (χ0n) is 13.7. The maximum absolute atomic E-state index is 4.45. The molecule has 0 unspecified atom stereocenters. The molecule has 1 heterocycles. The Morgan fingerprint density at radius 1 is 1.20 bits per heavy atom. The van der Waals surface area contributed by atoms with E-state index in [0.717, 1.165) is 38.5 Å². The Morgan fingerprint density at radius 3 is 2.45 bits per heavy atom. The molecule has 0 fully saturated rings. The van der Waals surface area contributed by atoms with Crippen molar-refractivity contribution in [2.75, 3.05) is 45.6 Å². The summed E-state index contributed by atoms with van der Waals surface area (Å²) in [4.78, 5) is 9.19. The number of rotatable bonds is 9. The third kappa shape index (κ3) is 6.87. The van der Waals surface area contributed by atoms with Gasteiger partial charge in [-0.1, -0.05) is 19.9 Å². The second kappa shape index (κ2) is 8.93. The molecule has 0 saturated carbocycles. The first-order valence-electron chi connectivity index (χ1n) is 7.57. The van der Waals surface area contributed by atoms with Crippen molar-refractivity contribution >= 4 is 5.82 Å². The second-order valence-electron chi connectivity index (χ2n) is 6.01. The molecular formula is C16H30N4. The molecule has 1 aromatic heterocycles. The Kier molecular flexibility index (Phi) is 7.55. The molecule has 0 bridgehead atoms. The largest absolute Gasteiger partial charge is 0.370 e. The van der Waals surface area contributed by atoms with Gasteiger partial charge in [-0.25, -0.2) is 4.98 Å². The molecule has 0 aliphatic carbocycles. The van der Waals surface area contributed by atoms with E-state index in [0.29, 0.717) is 5.92 Å². The summed E-state index contributed by atoms with van der Waals surface area (Å²) < 4.78 is 0. The minimum absolute atomic E-state index is 0.686. The quantitative estimate of drug-likeness (QED) is 0.752. The summed E-state index contributed by atoms with van der Waals surface area (Å²) in [6, 6.07) is 4.24. The summed E-state index contributed by atoms with van der Waals surface area (Å²) in [5, 5.41) is 3.23. The number of pyridine rings is 1. The number of hydrogen-bond donors (Lipinski definition) is 1. The molecule has 0 aliphatic rings. The summed E-state index contributed by atoms with van der Waals surface area (Å²) >= 11 is 0. The number of likely N-dealkylation sites (N-methyl/N-ethyl adjacent to an activating group) is 1. The van der Waals surface area contributed by atoms with Crippen LogP contribution < -0.4 is 5.32 Å². The molecule has 0 amide bonds. The van der Waals surface area contributed by atoms with E-state index in [4.69, 9.17) is 0 Å². The zero-order valence-corrected chi connectivity index (χ0v) is 13.7. The minimum atomic E-state index is 0.686. The molecule has 1 N–H and O–H groups in total. The van der Waals surface area contributed by atoms with E-state index in [-0.39, 0.29) is 0 Å². The fraction of sp³-hybridized carbons (Fsp3) is 0.688. The molecule has 4 nitrogen and oxygen atoms in total. The molecule has 0 atom stereocenters. The van der Waals surface area contributed by atoms with Crippen molar-refractivity contribution in [3.05, 3.63) is 23.9 Å². The second-order valence-corrected chi connectivity index (χ2v) is 6.01. The van der Waals surface area contributed by atoms with Crippen molar-refractivity contribution in [3.63, 3.8) is 0 Å². The van der Waals surface area contributed by atoms with Crippen molar-refractivity contribution in [1.29, 1.82) is 0 Å². The van der Waals surface area contributed by atoms with Gasteiger partial charge in [-0.2, -0.15) is 0 Å². The summed E-state index contributed by atoms with van der Waals surface area (Å²) in [6.07, 6.45) is 1.99. The van der Waals surface area contributed by atoms with Gasteiger partial charge in [-0.3, -0.25) is 4.90 Å². The first-order valence-corrected chi connectivity index (χ1v) is 7.57. The predicted molar refractivity (Wildman–Crippen MR) is 87.1 cm³/mol. The number of nitrogens with zero attached hydrogens (tertiary/aromatic N) is 3. The van der Waals surface area contributed by atoms with Crippen molar-refractivity contribution in [2.45, 2.75) is 27.3 Å². The third-order valence-corrected chi connectivity index (χ3v) is 3.08. The van der Waals surface area contributed by atoms with Crippen molar-refractivity contribution < 1.29 is 0 Å². The van der Waals surface area contributed by atoms with E-state index in [2.05, 4.69) is 67.1 Å². The van der Waals surface area contributed by atoms with E-state index < -0.39 is 0 Å². The van der Waals surface area contributed by atoms with E-state index >= 15 is 0 Å². The number of nitrogens with one attached hydrogen (secondary N) is 1. The van der Waals surface area contributed by atoms with Crippen molar-refractivity contribution in [3.8, 4) is 0 Å². The van der Waals surface area contributed by atoms with Crippen LogP contribution in [0.4, 0.5) is 5.82 Å². The number of hydrogen-bond acceptors (Lipinski definition) is 4.